The van der Waals surface area contributed by atoms with E-state index >= 15 is 0 Å². The first-order valence-corrected chi connectivity index (χ1v) is 9.09. The van der Waals surface area contributed by atoms with Gasteiger partial charge in [-0.1, -0.05) is 18.2 Å². The number of hydrogen-bond donors (Lipinski definition) is 2. The number of carbonyl (C=O) groups excluding carboxylic acids is 1. The number of aromatic amines is 1. The Bertz CT molecular complexity index is 992. The third-order valence-electron chi connectivity index (χ3n) is 5.24. The van der Waals surface area contributed by atoms with E-state index in [1.54, 1.807) is 0 Å². The molecule has 3 aromatic rings. The second-order valence-electron chi connectivity index (χ2n) is 6.86. The molecule has 2 N–H and O–H groups in total. The van der Waals surface area contributed by atoms with Gasteiger partial charge in [-0.05, 0) is 43.0 Å². The molecule has 0 saturated carbocycles. The molecule has 5 nitrogen and oxygen atoms in total. The zero-order valence-electron chi connectivity index (χ0n) is 14.4. The second-order valence-corrected chi connectivity index (χ2v) is 6.86. The minimum Gasteiger partial charge on any atom is -0.486 e. The molecule has 0 radical (unpaired) electrons. The number of H-pyrrole nitrogens is 1. The van der Waals surface area contributed by atoms with E-state index in [0.717, 1.165) is 41.9 Å². The highest BCUT2D eigenvalue weighted by molar-refractivity contribution is 5.98. The van der Waals surface area contributed by atoms with E-state index in [2.05, 4.69) is 28.5 Å². The molecular weight excluding hydrogens is 328 g/mol. The minimum absolute atomic E-state index is 0.0224. The average Bonchev–Trinajstić information content (AvgIpc) is 3.06. The molecule has 1 unspecified atom stereocenters. The van der Waals surface area contributed by atoms with E-state index in [9.17, 15) is 4.79 Å². The molecule has 0 spiro atoms. The highest BCUT2D eigenvalue weighted by Gasteiger charge is 2.29. The van der Waals surface area contributed by atoms with Gasteiger partial charge in [0.05, 0.1) is 5.92 Å². The van der Waals surface area contributed by atoms with Gasteiger partial charge in [0.25, 0.3) is 0 Å². The van der Waals surface area contributed by atoms with E-state index in [4.69, 9.17) is 9.47 Å². The number of ether oxygens (including phenoxy) is 2. The molecule has 1 atom stereocenters. The van der Waals surface area contributed by atoms with Gasteiger partial charge in [-0.25, -0.2) is 0 Å². The van der Waals surface area contributed by atoms with Crippen LogP contribution in [-0.4, -0.2) is 24.1 Å². The molecule has 1 aliphatic carbocycles. The van der Waals surface area contributed by atoms with Gasteiger partial charge >= 0.3 is 0 Å². The first kappa shape index (κ1) is 15.3. The van der Waals surface area contributed by atoms with E-state index < -0.39 is 0 Å². The van der Waals surface area contributed by atoms with Crippen molar-refractivity contribution in [1.29, 1.82) is 0 Å². The van der Waals surface area contributed by atoms with Crippen LogP contribution < -0.4 is 14.8 Å². The smallest absolute Gasteiger partial charge is 0.233 e. The highest BCUT2D eigenvalue weighted by Crippen LogP contribution is 2.37. The zero-order chi connectivity index (χ0) is 17.5. The summed E-state index contributed by atoms with van der Waals surface area (Å²) in [6, 6.07) is 13.8. The maximum absolute atomic E-state index is 13.0. The average molecular weight is 348 g/mol. The number of para-hydroxylation sites is 1. The van der Waals surface area contributed by atoms with Crippen molar-refractivity contribution in [3.8, 4) is 11.5 Å². The number of fused-ring (bicyclic) bond motifs is 4. The molecule has 5 heteroatoms. The van der Waals surface area contributed by atoms with E-state index in [-0.39, 0.29) is 11.8 Å². The van der Waals surface area contributed by atoms with Crippen LogP contribution in [0.4, 0.5) is 5.69 Å². The topological polar surface area (TPSA) is 63.4 Å². The molecule has 5 rings (SSSR count). The number of rotatable bonds is 2. The Labute approximate surface area is 151 Å². The highest BCUT2D eigenvalue weighted by atomic mass is 16.6. The number of amides is 1. The lowest BCUT2D eigenvalue weighted by Crippen LogP contribution is -2.25. The van der Waals surface area contributed by atoms with Crippen molar-refractivity contribution < 1.29 is 14.3 Å². The van der Waals surface area contributed by atoms with Crippen molar-refractivity contribution in [3.05, 3.63) is 53.7 Å². The van der Waals surface area contributed by atoms with Crippen molar-refractivity contribution in [2.45, 2.75) is 25.2 Å². The second kappa shape index (κ2) is 6.09. The number of nitrogens with one attached hydrogen (secondary N) is 2. The van der Waals surface area contributed by atoms with Crippen LogP contribution in [0.15, 0.2) is 42.5 Å². The Morgan fingerprint density at radius 3 is 2.85 bits per heavy atom. The standard InChI is InChI=1S/C21H20N2O3/c24-21(22-13-8-9-18-19(12-13)26-11-10-25-18)16-6-3-5-15-14-4-1-2-7-17(14)23-20(15)16/h1-2,4,7-9,12,16,23H,3,5-6,10-11H2,(H,22,24). The molecule has 0 bridgehead atoms. The van der Waals surface area contributed by atoms with Crippen molar-refractivity contribution >= 4 is 22.5 Å². The van der Waals surface area contributed by atoms with Crippen LogP contribution in [0.3, 0.4) is 0 Å². The van der Waals surface area contributed by atoms with Crippen LogP contribution in [0.25, 0.3) is 10.9 Å². The molecule has 1 aliphatic heterocycles. The van der Waals surface area contributed by atoms with Crippen LogP contribution in [-0.2, 0) is 11.2 Å². The van der Waals surface area contributed by atoms with Gasteiger partial charge in [0, 0.05) is 28.4 Å². The summed E-state index contributed by atoms with van der Waals surface area (Å²) in [6.45, 7) is 1.09. The lowest BCUT2D eigenvalue weighted by molar-refractivity contribution is -0.117. The van der Waals surface area contributed by atoms with Crippen LogP contribution in [0.2, 0.25) is 0 Å². The first-order valence-electron chi connectivity index (χ1n) is 9.09. The van der Waals surface area contributed by atoms with Gasteiger partial charge in [-0.3, -0.25) is 4.79 Å². The molecule has 2 aromatic carbocycles. The van der Waals surface area contributed by atoms with Crippen LogP contribution in [0.5, 0.6) is 11.5 Å². The van der Waals surface area contributed by atoms with Gasteiger partial charge in [-0.15, -0.1) is 0 Å². The summed E-state index contributed by atoms with van der Waals surface area (Å²) in [5, 5.41) is 4.29. The van der Waals surface area contributed by atoms with Gasteiger partial charge in [0.2, 0.25) is 5.91 Å². The molecule has 2 heterocycles. The Balaban J connectivity index is 1.43. The number of carbonyl (C=O) groups is 1. The fourth-order valence-electron chi connectivity index (χ4n) is 4.03. The Morgan fingerprint density at radius 1 is 1.08 bits per heavy atom. The molecule has 0 saturated heterocycles. The van der Waals surface area contributed by atoms with E-state index in [0.29, 0.717) is 19.0 Å². The normalized spacial score (nSPS) is 18.4. The summed E-state index contributed by atoms with van der Waals surface area (Å²) in [7, 11) is 0. The molecule has 132 valence electrons. The minimum atomic E-state index is -0.153. The summed E-state index contributed by atoms with van der Waals surface area (Å²) in [5.74, 6) is 1.28. The molecule has 1 aromatic heterocycles. The largest absolute Gasteiger partial charge is 0.486 e. The van der Waals surface area contributed by atoms with Crippen LogP contribution in [0.1, 0.15) is 30.0 Å². The number of anilines is 1. The fourth-order valence-corrected chi connectivity index (χ4v) is 4.03. The van der Waals surface area contributed by atoms with Gasteiger partial charge in [0.15, 0.2) is 11.5 Å². The molecule has 0 fully saturated rings. The van der Waals surface area contributed by atoms with Crippen LogP contribution >= 0.6 is 0 Å². The third-order valence-corrected chi connectivity index (χ3v) is 5.24. The van der Waals surface area contributed by atoms with Gasteiger partial charge in [0.1, 0.15) is 13.2 Å². The SMILES string of the molecule is O=C(Nc1ccc2c(c1)OCCO2)C1CCCc2c1[nH]c1ccccc21. The van der Waals surface area contributed by atoms with Crippen molar-refractivity contribution in [1.82, 2.24) is 4.98 Å². The summed E-state index contributed by atoms with van der Waals surface area (Å²) in [6.07, 6.45) is 2.90. The Hall–Kier alpha value is -2.95. The van der Waals surface area contributed by atoms with Gasteiger partial charge in [-0.2, -0.15) is 0 Å². The zero-order valence-corrected chi connectivity index (χ0v) is 14.4. The van der Waals surface area contributed by atoms with E-state index in [1.165, 1.54) is 10.9 Å². The number of aryl methyl sites for hydroxylation is 1. The van der Waals surface area contributed by atoms with Gasteiger partial charge < -0.3 is 19.8 Å². The first-order chi connectivity index (χ1) is 12.8. The predicted molar refractivity (Wildman–Crippen MR) is 100 cm³/mol. The summed E-state index contributed by atoms with van der Waals surface area (Å²) in [4.78, 5) is 16.4. The quantitative estimate of drug-likeness (QED) is 0.736. The third kappa shape index (κ3) is 2.51. The molecular formula is C21H20N2O3. The lowest BCUT2D eigenvalue weighted by Gasteiger charge is -2.23. The summed E-state index contributed by atoms with van der Waals surface area (Å²) < 4.78 is 11.1. The number of benzene rings is 2. The Kier molecular flexibility index (Phi) is 3.59. The lowest BCUT2D eigenvalue weighted by atomic mass is 9.86. The van der Waals surface area contributed by atoms with Crippen LogP contribution in [0, 0.1) is 0 Å². The Morgan fingerprint density at radius 2 is 1.92 bits per heavy atom. The molecule has 1 amide bonds. The van der Waals surface area contributed by atoms with E-state index in [1.807, 2.05) is 24.3 Å². The predicted octanol–water partition coefficient (Wildman–Crippen LogP) is 4.00. The number of aromatic nitrogens is 1. The maximum Gasteiger partial charge on any atom is 0.233 e. The van der Waals surface area contributed by atoms with Crippen molar-refractivity contribution in [3.63, 3.8) is 0 Å². The van der Waals surface area contributed by atoms with Crippen molar-refractivity contribution in [2.75, 3.05) is 18.5 Å². The number of hydrogen-bond acceptors (Lipinski definition) is 3. The monoisotopic (exact) mass is 348 g/mol. The van der Waals surface area contributed by atoms with Crippen molar-refractivity contribution in [2.24, 2.45) is 0 Å². The summed E-state index contributed by atoms with van der Waals surface area (Å²) in [5.41, 5.74) is 4.20. The molecule has 2 aliphatic rings. The fraction of sp³-hybridized carbons (Fsp3) is 0.286. The summed E-state index contributed by atoms with van der Waals surface area (Å²) >= 11 is 0. The maximum atomic E-state index is 13.0. The molecule has 26 heavy (non-hydrogen) atoms.